The van der Waals surface area contributed by atoms with E-state index in [4.69, 9.17) is 0 Å². The third-order valence-electron chi connectivity index (χ3n) is 4.63. The molecule has 0 radical (unpaired) electrons. The van der Waals surface area contributed by atoms with E-state index in [0.29, 0.717) is 39.6 Å². The van der Waals surface area contributed by atoms with Crippen LogP contribution in [0, 0.1) is 18.6 Å². The molecule has 2 heterocycles. The lowest BCUT2D eigenvalue weighted by atomic mass is 10.1. The number of H-pyrrole nitrogens is 2. The van der Waals surface area contributed by atoms with Gasteiger partial charge in [-0.2, -0.15) is 0 Å². The molecule has 2 aromatic carbocycles. The topological polar surface area (TPSA) is 60.7 Å². The maximum atomic E-state index is 14.1. The highest BCUT2D eigenvalue weighted by molar-refractivity contribution is 9.10. The average Bonchev–Trinajstić information content (AvgIpc) is 3.16. The fourth-order valence-electron chi connectivity index (χ4n) is 3.35. The van der Waals surface area contributed by atoms with Crippen molar-refractivity contribution in [3.63, 3.8) is 0 Å². The van der Waals surface area contributed by atoms with Crippen LogP contribution in [0.2, 0.25) is 0 Å². The van der Waals surface area contributed by atoms with Gasteiger partial charge in [0.15, 0.2) is 0 Å². The van der Waals surface area contributed by atoms with Crippen LogP contribution < -0.4 is 5.32 Å². The molecule has 0 aliphatic heterocycles. The van der Waals surface area contributed by atoms with Crippen molar-refractivity contribution in [2.24, 2.45) is 0 Å². The number of aryl methyl sites for hydroxylation is 1. The zero-order chi connectivity index (χ0) is 19.1. The molecule has 7 heteroatoms. The highest BCUT2D eigenvalue weighted by Gasteiger charge is 2.14. The van der Waals surface area contributed by atoms with Gasteiger partial charge in [0.1, 0.15) is 17.3 Å². The van der Waals surface area contributed by atoms with E-state index in [1.807, 2.05) is 13.0 Å². The number of fused-ring (bicyclic) bond motifs is 2. The molecule has 0 aliphatic carbocycles. The standard InChI is InChI=1S/C20H16BrF2N3O/c1-10-14(15-8-12(21)9-16(23)19(15)25-10)4-5-24-20(27)18-7-11-6-13(22)2-3-17(11)26-18/h2-3,6-9,25-26H,4-5H2,1H3,(H,24,27). The lowest BCUT2D eigenvalue weighted by Gasteiger charge is -2.05. The minimum atomic E-state index is -0.346. The molecule has 3 N–H and O–H groups in total. The Kier molecular flexibility index (Phi) is 4.47. The number of benzene rings is 2. The molecule has 0 fully saturated rings. The normalized spacial score (nSPS) is 11.4. The maximum absolute atomic E-state index is 14.1. The highest BCUT2D eigenvalue weighted by atomic mass is 79.9. The Morgan fingerprint density at radius 2 is 1.96 bits per heavy atom. The van der Waals surface area contributed by atoms with E-state index in [1.165, 1.54) is 18.2 Å². The van der Waals surface area contributed by atoms with E-state index in [0.717, 1.165) is 16.6 Å². The summed E-state index contributed by atoms with van der Waals surface area (Å²) in [5, 5.41) is 4.30. The minimum absolute atomic E-state index is 0.267. The minimum Gasteiger partial charge on any atom is -0.356 e. The maximum Gasteiger partial charge on any atom is 0.267 e. The molecule has 0 aliphatic rings. The molecule has 27 heavy (non-hydrogen) atoms. The molecule has 0 saturated heterocycles. The van der Waals surface area contributed by atoms with Crippen molar-refractivity contribution in [1.29, 1.82) is 0 Å². The fourth-order valence-corrected chi connectivity index (χ4v) is 3.78. The molecule has 2 aromatic heterocycles. The molecule has 4 aromatic rings. The summed E-state index contributed by atoms with van der Waals surface area (Å²) in [6.07, 6.45) is 0.558. The summed E-state index contributed by atoms with van der Waals surface area (Å²) >= 11 is 3.32. The predicted molar refractivity (Wildman–Crippen MR) is 105 cm³/mol. The third kappa shape index (κ3) is 3.35. The van der Waals surface area contributed by atoms with Crippen molar-refractivity contribution in [2.75, 3.05) is 6.54 Å². The Morgan fingerprint density at radius 1 is 1.15 bits per heavy atom. The lowest BCUT2D eigenvalue weighted by Crippen LogP contribution is -2.26. The first kappa shape index (κ1) is 17.7. The molecule has 0 spiro atoms. The van der Waals surface area contributed by atoms with Crippen molar-refractivity contribution in [1.82, 2.24) is 15.3 Å². The van der Waals surface area contributed by atoms with E-state index < -0.39 is 0 Å². The van der Waals surface area contributed by atoms with E-state index >= 15 is 0 Å². The number of nitrogens with one attached hydrogen (secondary N) is 3. The number of hydrogen-bond donors (Lipinski definition) is 3. The Hall–Kier alpha value is -2.67. The average molecular weight is 432 g/mol. The van der Waals surface area contributed by atoms with Crippen LogP contribution in [-0.2, 0) is 6.42 Å². The Balaban J connectivity index is 1.50. The largest absolute Gasteiger partial charge is 0.356 e. The van der Waals surface area contributed by atoms with Crippen LogP contribution >= 0.6 is 15.9 Å². The van der Waals surface area contributed by atoms with Gasteiger partial charge in [-0.25, -0.2) is 8.78 Å². The second-order valence-electron chi connectivity index (χ2n) is 6.46. The molecule has 4 rings (SSSR count). The number of hydrogen-bond acceptors (Lipinski definition) is 1. The first-order chi connectivity index (χ1) is 12.9. The number of halogens is 3. The number of rotatable bonds is 4. The number of aromatic amines is 2. The summed E-state index contributed by atoms with van der Waals surface area (Å²) in [5.41, 5.74) is 3.38. The molecule has 0 atom stereocenters. The van der Waals surface area contributed by atoms with E-state index in [2.05, 4.69) is 31.2 Å². The molecular weight excluding hydrogens is 416 g/mol. The van der Waals surface area contributed by atoms with Gasteiger partial charge in [0.25, 0.3) is 5.91 Å². The van der Waals surface area contributed by atoms with Gasteiger partial charge < -0.3 is 15.3 Å². The number of carbonyl (C=O) groups is 1. The van der Waals surface area contributed by atoms with E-state index in [1.54, 1.807) is 12.1 Å². The Bertz CT molecular complexity index is 1180. The number of amides is 1. The van der Waals surface area contributed by atoms with Crippen molar-refractivity contribution in [2.45, 2.75) is 13.3 Å². The Morgan fingerprint density at radius 3 is 2.78 bits per heavy atom. The second kappa shape index (κ2) is 6.81. The smallest absolute Gasteiger partial charge is 0.267 e. The summed E-state index contributed by atoms with van der Waals surface area (Å²) in [4.78, 5) is 18.4. The zero-order valence-electron chi connectivity index (χ0n) is 14.4. The van der Waals surface area contributed by atoms with Crippen molar-refractivity contribution < 1.29 is 13.6 Å². The second-order valence-corrected chi connectivity index (χ2v) is 7.37. The molecule has 1 amide bonds. The van der Waals surface area contributed by atoms with E-state index in [9.17, 15) is 13.6 Å². The number of carbonyl (C=O) groups excluding carboxylic acids is 1. The highest BCUT2D eigenvalue weighted by Crippen LogP contribution is 2.28. The van der Waals surface area contributed by atoms with Crippen LogP contribution in [-0.4, -0.2) is 22.4 Å². The molecule has 4 nitrogen and oxygen atoms in total. The van der Waals surface area contributed by atoms with Crippen molar-refractivity contribution in [3.05, 3.63) is 69.5 Å². The van der Waals surface area contributed by atoms with Crippen molar-refractivity contribution in [3.8, 4) is 0 Å². The van der Waals surface area contributed by atoms with Gasteiger partial charge in [-0.15, -0.1) is 0 Å². The zero-order valence-corrected chi connectivity index (χ0v) is 16.0. The van der Waals surface area contributed by atoms with Gasteiger partial charge in [0.05, 0.1) is 5.52 Å². The van der Waals surface area contributed by atoms with Crippen molar-refractivity contribution >= 4 is 43.6 Å². The van der Waals surface area contributed by atoms with Gasteiger partial charge >= 0.3 is 0 Å². The fraction of sp³-hybridized carbons (Fsp3) is 0.150. The monoisotopic (exact) mass is 431 g/mol. The first-order valence-corrected chi connectivity index (χ1v) is 9.24. The van der Waals surface area contributed by atoms with Gasteiger partial charge in [-0.3, -0.25) is 4.79 Å². The predicted octanol–water partition coefficient (Wildman–Crippen LogP) is 4.97. The van der Waals surface area contributed by atoms with E-state index in [-0.39, 0.29) is 17.5 Å². The summed E-state index contributed by atoms with van der Waals surface area (Å²) in [6.45, 7) is 2.28. The summed E-state index contributed by atoms with van der Waals surface area (Å²) in [5.74, 6) is -0.929. The van der Waals surface area contributed by atoms with Crippen LogP contribution in [0.1, 0.15) is 21.7 Å². The van der Waals surface area contributed by atoms with Gasteiger partial charge in [-0.05, 0) is 55.3 Å². The summed E-state index contributed by atoms with van der Waals surface area (Å²) < 4.78 is 28.0. The van der Waals surface area contributed by atoms with Crippen LogP contribution in [0.3, 0.4) is 0 Å². The molecule has 0 saturated carbocycles. The Labute approximate surface area is 162 Å². The lowest BCUT2D eigenvalue weighted by molar-refractivity contribution is 0.0950. The molecule has 0 unspecified atom stereocenters. The van der Waals surface area contributed by atoms with Crippen LogP contribution in [0.4, 0.5) is 8.78 Å². The van der Waals surface area contributed by atoms with Crippen LogP contribution in [0.5, 0.6) is 0 Å². The van der Waals surface area contributed by atoms with Gasteiger partial charge in [0, 0.05) is 33.0 Å². The third-order valence-corrected chi connectivity index (χ3v) is 5.09. The number of aromatic nitrogens is 2. The molecular formula is C20H16BrF2N3O. The molecule has 138 valence electrons. The SMILES string of the molecule is Cc1[nH]c2c(F)cc(Br)cc2c1CCNC(=O)c1cc2cc(F)ccc2[nH]1. The summed E-state index contributed by atoms with van der Waals surface area (Å²) in [6, 6.07) is 9.23. The van der Waals surface area contributed by atoms with Crippen LogP contribution in [0.25, 0.3) is 21.8 Å². The van der Waals surface area contributed by atoms with Gasteiger partial charge in [-0.1, -0.05) is 15.9 Å². The summed E-state index contributed by atoms with van der Waals surface area (Å²) in [7, 11) is 0. The van der Waals surface area contributed by atoms with Gasteiger partial charge in [0.2, 0.25) is 0 Å². The first-order valence-electron chi connectivity index (χ1n) is 8.45. The molecule has 0 bridgehead atoms. The van der Waals surface area contributed by atoms with Crippen LogP contribution in [0.15, 0.2) is 40.9 Å². The quantitative estimate of drug-likeness (QED) is 0.419.